The maximum Gasteiger partial charge on any atom is 0.259 e. The highest BCUT2D eigenvalue weighted by Gasteiger charge is 2.07. The first-order chi connectivity index (χ1) is 11.5. The van der Waals surface area contributed by atoms with Crippen LogP contribution in [-0.4, -0.2) is 30.4 Å². The van der Waals surface area contributed by atoms with Gasteiger partial charge in [0, 0.05) is 10.0 Å². The van der Waals surface area contributed by atoms with Crippen molar-refractivity contribution in [3.63, 3.8) is 0 Å². The number of aromatic hydroxyl groups is 1. The van der Waals surface area contributed by atoms with Crippen molar-refractivity contribution >= 4 is 33.2 Å². The van der Waals surface area contributed by atoms with Crippen molar-refractivity contribution in [1.82, 2.24) is 5.43 Å². The molecule has 0 fully saturated rings. The Bertz CT molecular complexity index is 762. The zero-order chi connectivity index (χ0) is 17.5. The Morgan fingerprint density at radius 1 is 1.29 bits per heavy atom. The Hall–Kier alpha value is -2.54. The molecule has 24 heavy (non-hydrogen) atoms. The van der Waals surface area contributed by atoms with Gasteiger partial charge in [-0.2, -0.15) is 5.10 Å². The van der Waals surface area contributed by atoms with Crippen molar-refractivity contribution in [2.45, 2.75) is 6.92 Å². The molecule has 0 heterocycles. The Morgan fingerprint density at radius 3 is 2.79 bits per heavy atom. The molecule has 3 N–H and O–H groups in total. The molecule has 6 nitrogen and oxygen atoms in total. The number of methoxy groups -OCH3 is 1. The third-order valence-corrected chi connectivity index (χ3v) is 3.74. The number of hydrazone groups is 1. The number of nitrogens with zero attached hydrogens (tertiary/aromatic N) is 1. The number of nitrogens with one attached hydrogen (secondary N) is 2. The van der Waals surface area contributed by atoms with Gasteiger partial charge in [-0.15, -0.1) is 0 Å². The summed E-state index contributed by atoms with van der Waals surface area (Å²) in [6.45, 7) is 1.75. The van der Waals surface area contributed by atoms with E-state index >= 15 is 0 Å². The number of rotatable bonds is 6. The smallest absolute Gasteiger partial charge is 0.259 e. The minimum absolute atomic E-state index is 0.0433. The highest BCUT2D eigenvalue weighted by molar-refractivity contribution is 9.10. The number of carbonyl (C=O) groups is 1. The molecular formula is C17H18BrN3O3. The van der Waals surface area contributed by atoms with Gasteiger partial charge in [-0.05, 0) is 37.3 Å². The fraction of sp³-hybridized carbons (Fsp3) is 0.176. The van der Waals surface area contributed by atoms with E-state index in [9.17, 15) is 9.90 Å². The monoisotopic (exact) mass is 391 g/mol. The number of phenolic OH excluding ortho intramolecular Hbond substituents is 1. The van der Waals surface area contributed by atoms with E-state index in [1.807, 2.05) is 18.2 Å². The molecule has 0 unspecified atom stereocenters. The van der Waals surface area contributed by atoms with Crippen molar-refractivity contribution in [2.75, 3.05) is 19.0 Å². The van der Waals surface area contributed by atoms with Crippen molar-refractivity contribution in [1.29, 1.82) is 0 Å². The number of halogens is 1. The first-order valence-electron chi connectivity index (χ1n) is 7.20. The summed E-state index contributed by atoms with van der Waals surface area (Å²) in [5, 5.41) is 16.8. The van der Waals surface area contributed by atoms with Crippen LogP contribution >= 0.6 is 15.9 Å². The van der Waals surface area contributed by atoms with Crippen LogP contribution in [0.4, 0.5) is 5.69 Å². The molecule has 0 bridgehead atoms. The third kappa shape index (κ3) is 4.73. The molecule has 2 aromatic rings. The van der Waals surface area contributed by atoms with Gasteiger partial charge in [0.2, 0.25) is 0 Å². The summed E-state index contributed by atoms with van der Waals surface area (Å²) in [4.78, 5) is 11.9. The molecular weight excluding hydrogens is 374 g/mol. The van der Waals surface area contributed by atoms with Gasteiger partial charge in [0.15, 0.2) is 0 Å². The highest BCUT2D eigenvalue weighted by Crippen LogP contribution is 2.23. The summed E-state index contributed by atoms with van der Waals surface area (Å²) in [5.41, 5.74) is 4.22. The number of hydrogen-bond donors (Lipinski definition) is 3. The van der Waals surface area contributed by atoms with Crippen LogP contribution < -0.4 is 15.5 Å². The van der Waals surface area contributed by atoms with Gasteiger partial charge < -0.3 is 15.2 Å². The van der Waals surface area contributed by atoms with E-state index in [4.69, 9.17) is 4.74 Å². The minimum atomic E-state index is -0.310. The Labute approximate surface area is 148 Å². The van der Waals surface area contributed by atoms with Crippen molar-refractivity contribution in [3.05, 3.63) is 52.5 Å². The maximum atomic E-state index is 11.9. The second kappa shape index (κ2) is 8.35. The van der Waals surface area contributed by atoms with Crippen LogP contribution in [0.5, 0.6) is 11.5 Å². The molecule has 0 aliphatic rings. The van der Waals surface area contributed by atoms with Crippen molar-refractivity contribution in [2.24, 2.45) is 5.10 Å². The number of hydrogen-bond acceptors (Lipinski definition) is 5. The Kier molecular flexibility index (Phi) is 6.20. The second-order valence-electron chi connectivity index (χ2n) is 4.95. The van der Waals surface area contributed by atoms with Gasteiger partial charge in [-0.3, -0.25) is 4.79 Å². The van der Waals surface area contributed by atoms with Gasteiger partial charge in [0.1, 0.15) is 11.5 Å². The summed E-state index contributed by atoms with van der Waals surface area (Å²) in [5.74, 6) is 0.444. The highest BCUT2D eigenvalue weighted by atomic mass is 79.9. The van der Waals surface area contributed by atoms with Crippen molar-refractivity contribution in [3.8, 4) is 11.5 Å². The molecule has 0 atom stereocenters. The number of amides is 1. The number of phenols is 1. The number of para-hydroxylation sites is 2. The van der Waals surface area contributed by atoms with Gasteiger partial charge in [-0.25, -0.2) is 5.43 Å². The van der Waals surface area contributed by atoms with Crippen molar-refractivity contribution < 1.29 is 14.6 Å². The molecule has 0 saturated heterocycles. The molecule has 2 aromatic carbocycles. The van der Waals surface area contributed by atoms with Crippen LogP contribution in [0.15, 0.2) is 52.0 Å². The predicted molar refractivity (Wildman–Crippen MR) is 97.6 cm³/mol. The predicted octanol–water partition coefficient (Wildman–Crippen LogP) is 3.12. The number of benzene rings is 2. The Morgan fingerprint density at radius 2 is 2.04 bits per heavy atom. The zero-order valence-corrected chi connectivity index (χ0v) is 14.9. The van der Waals surface area contributed by atoms with Gasteiger partial charge >= 0.3 is 0 Å². The van der Waals surface area contributed by atoms with E-state index in [2.05, 4.69) is 31.8 Å². The second-order valence-corrected chi connectivity index (χ2v) is 5.86. The topological polar surface area (TPSA) is 83.0 Å². The lowest BCUT2D eigenvalue weighted by Crippen LogP contribution is -2.26. The molecule has 0 aliphatic carbocycles. The lowest BCUT2D eigenvalue weighted by Gasteiger charge is -2.10. The van der Waals surface area contributed by atoms with Gasteiger partial charge in [0.05, 0.1) is 25.1 Å². The molecule has 0 aromatic heterocycles. The van der Waals surface area contributed by atoms with Crippen LogP contribution in [0, 0.1) is 0 Å². The summed E-state index contributed by atoms with van der Waals surface area (Å²) in [6.07, 6.45) is 0. The average Bonchev–Trinajstić information content (AvgIpc) is 2.60. The van der Waals surface area contributed by atoms with Gasteiger partial charge in [-0.1, -0.05) is 28.1 Å². The van der Waals surface area contributed by atoms with Gasteiger partial charge in [0.25, 0.3) is 5.91 Å². The fourth-order valence-corrected chi connectivity index (χ4v) is 2.37. The van der Waals surface area contributed by atoms with Crippen LogP contribution in [0.25, 0.3) is 0 Å². The lowest BCUT2D eigenvalue weighted by atomic mass is 10.1. The molecule has 7 heteroatoms. The van der Waals surface area contributed by atoms with Crippen LogP contribution in [-0.2, 0) is 4.79 Å². The average molecular weight is 392 g/mol. The van der Waals surface area contributed by atoms with E-state index < -0.39 is 0 Å². The van der Waals surface area contributed by atoms with E-state index in [0.29, 0.717) is 17.0 Å². The number of ether oxygens (including phenoxy) is 1. The molecule has 0 spiro atoms. The van der Waals surface area contributed by atoms with Crippen LogP contribution in [0.1, 0.15) is 12.5 Å². The molecule has 0 aliphatic heterocycles. The molecule has 0 saturated carbocycles. The number of carbonyl (C=O) groups excluding carboxylic acids is 1. The summed E-state index contributed by atoms with van der Waals surface area (Å²) in [6, 6.07) is 12.3. The molecule has 2 rings (SSSR count). The van der Waals surface area contributed by atoms with E-state index in [1.54, 1.807) is 38.3 Å². The van der Waals surface area contributed by atoms with Crippen LogP contribution in [0.2, 0.25) is 0 Å². The van der Waals surface area contributed by atoms with E-state index in [0.717, 1.165) is 10.2 Å². The minimum Gasteiger partial charge on any atom is -0.507 e. The first kappa shape index (κ1) is 17.8. The number of anilines is 1. The fourth-order valence-electron chi connectivity index (χ4n) is 2.01. The molecule has 1 amide bonds. The van der Waals surface area contributed by atoms with Crippen LogP contribution in [0.3, 0.4) is 0 Å². The first-order valence-corrected chi connectivity index (χ1v) is 7.99. The summed E-state index contributed by atoms with van der Waals surface area (Å²) >= 11 is 3.33. The standard InChI is InChI=1S/C17H18BrN3O3/c1-11(13-9-12(18)7-8-15(13)22)20-21-17(23)10-19-14-5-3-4-6-16(14)24-2/h3-9,19,22H,10H2,1-2H3,(H,21,23)/b20-11+. The molecule has 126 valence electrons. The zero-order valence-electron chi connectivity index (χ0n) is 13.3. The van der Waals surface area contributed by atoms with E-state index in [1.165, 1.54) is 0 Å². The largest absolute Gasteiger partial charge is 0.507 e. The quantitative estimate of drug-likeness (QED) is 0.521. The maximum absolute atomic E-state index is 11.9. The third-order valence-electron chi connectivity index (χ3n) is 3.24. The SMILES string of the molecule is COc1ccccc1NCC(=O)N/N=C(\C)c1cc(Br)ccc1O. The summed E-state index contributed by atoms with van der Waals surface area (Å²) in [7, 11) is 1.57. The molecule has 0 radical (unpaired) electrons. The Balaban J connectivity index is 1.96. The van der Waals surface area contributed by atoms with E-state index in [-0.39, 0.29) is 18.2 Å². The summed E-state index contributed by atoms with van der Waals surface area (Å²) < 4.78 is 6.02. The lowest BCUT2D eigenvalue weighted by molar-refractivity contribution is -0.119. The normalized spacial score (nSPS) is 11.0.